The summed E-state index contributed by atoms with van der Waals surface area (Å²) < 4.78 is 0.979. The summed E-state index contributed by atoms with van der Waals surface area (Å²) in [6.07, 6.45) is 0. The summed E-state index contributed by atoms with van der Waals surface area (Å²) in [6, 6.07) is 41.7. The average Bonchev–Trinajstić information content (AvgIpc) is 3.12. The van der Waals surface area contributed by atoms with E-state index in [4.69, 9.17) is 0 Å². The predicted octanol–water partition coefficient (Wildman–Crippen LogP) is 7.38. The highest BCUT2D eigenvalue weighted by Crippen LogP contribution is 2.57. The van der Waals surface area contributed by atoms with Crippen LogP contribution < -0.4 is 0 Å². The molecular weight excluding hydrogens is 463 g/mol. The van der Waals surface area contributed by atoms with Gasteiger partial charge in [-0.1, -0.05) is 138 Å². The van der Waals surface area contributed by atoms with Gasteiger partial charge in [0.15, 0.2) is 0 Å². The van der Waals surface area contributed by atoms with Crippen molar-refractivity contribution < 1.29 is 0 Å². The van der Waals surface area contributed by atoms with Crippen molar-refractivity contribution in [1.82, 2.24) is 0 Å². The summed E-state index contributed by atoms with van der Waals surface area (Å²) >= 11 is 2.58. The summed E-state index contributed by atoms with van der Waals surface area (Å²) in [7, 11) is 0. The Hall–Kier alpha value is -2.65. The molecular formula is C28H21I. The maximum absolute atomic E-state index is 2.58. The molecule has 29 heavy (non-hydrogen) atoms. The Labute approximate surface area is 186 Å². The molecule has 1 heteroatoms. The van der Waals surface area contributed by atoms with E-state index >= 15 is 0 Å². The molecule has 1 atom stereocenters. The van der Waals surface area contributed by atoms with Gasteiger partial charge in [-0.2, -0.15) is 0 Å². The van der Waals surface area contributed by atoms with Crippen LogP contribution in [-0.4, -0.2) is 4.43 Å². The Morgan fingerprint density at radius 3 is 1.69 bits per heavy atom. The van der Waals surface area contributed by atoms with Crippen LogP contribution in [0.3, 0.4) is 0 Å². The molecule has 0 aliphatic heterocycles. The Balaban J connectivity index is 1.95. The van der Waals surface area contributed by atoms with Crippen LogP contribution in [0.2, 0.25) is 0 Å². The first-order valence-corrected chi connectivity index (χ1v) is 11.5. The first kappa shape index (κ1) is 18.4. The van der Waals surface area contributed by atoms with Gasteiger partial charge in [0.25, 0.3) is 0 Å². The van der Waals surface area contributed by atoms with Crippen molar-refractivity contribution in [2.45, 2.75) is 5.41 Å². The molecule has 1 aliphatic rings. The fraction of sp³-hybridized carbons (Fsp3) is 0.0714. The van der Waals surface area contributed by atoms with Crippen LogP contribution >= 0.6 is 22.6 Å². The minimum absolute atomic E-state index is 0.176. The van der Waals surface area contributed by atoms with Crippen molar-refractivity contribution in [3.63, 3.8) is 0 Å². The predicted molar refractivity (Wildman–Crippen MR) is 131 cm³/mol. The van der Waals surface area contributed by atoms with Gasteiger partial charge >= 0.3 is 0 Å². The molecule has 0 amide bonds. The minimum Gasteiger partial charge on any atom is -0.0847 e. The highest BCUT2D eigenvalue weighted by Gasteiger charge is 2.46. The van der Waals surface area contributed by atoms with Crippen LogP contribution in [0.1, 0.15) is 27.8 Å². The van der Waals surface area contributed by atoms with Gasteiger partial charge in [-0.3, -0.25) is 0 Å². The number of hydrogen-bond donors (Lipinski definition) is 0. The Kier molecular flexibility index (Phi) is 4.84. The summed E-state index contributed by atoms with van der Waals surface area (Å²) in [5, 5.41) is 0. The lowest BCUT2D eigenvalue weighted by Crippen LogP contribution is -2.29. The van der Waals surface area contributed by atoms with Crippen molar-refractivity contribution in [3.05, 3.63) is 143 Å². The van der Waals surface area contributed by atoms with Gasteiger partial charge in [0, 0.05) is 4.43 Å². The number of halogens is 1. The van der Waals surface area contributed by atoms with Gasteiger partial charge in [0.05, 0.1) is 5.41 Å². The van der Waals surface area contributed by atoms with Crippen molar-refractivity contribution in [1.29, 1.82) is 0 Å². The van der Waals surface area contributed by atoms with Crippen LogP contribution in [0.4, 0.5) is 0 Å². The van der Waals surface area contributed by atoms with Crippen molar-refractivity contribution in [2.75, 3.05) is 4.43 Å². The lowest BCUT2D eigenvalue weighted by molar-refractivity contribution is 0.785. The molecule has 0 heterocycles. The lowest BCUT2D eigenvalue weighted by Gasteiger charge is -2.33. The van der Waals surface area contributed by atoms with E-state index in [-0.39, 0.29) is 5.41 Å². The molecule has 0 radical (unpaired) electrons. The minimum atomic E-state index is -0.176. The summed E-state index contributed by atoms with van der Waals surface area (Å²) in [5.74, 6) is 0. The zero-order valence-corrected chi connectivity index (χ0v) is 18.2. The first-order chi connectivity index (χ1) is 14.4. The van der Waals surface area contributed by atoms with E-state index in [9.17, 15) is 0 Å². The number of benzene rings is 4. The maximum Gasteiger partial charge on any atom is 0.0558 e. The van der Waals surface area contributed by atoms with E-state index in [0.717, 1.165) is 4.43 Å². The van der Waals surface area contributed by atoms with E-state index in [2.05, 4.69) is 138 Å². The van der Waals surface area contributed by atoms with Crippen molar-refractivity contribution in [2.24, 2.45) is 0 Å². The Morgan fingerprint density at radius 1 is 0.552 bits per heavy atom. The Morgan fingerprint density at radius 2 is 1.07 bits per heavy atom. The van der Waals surface area contributed by atoms with Gasteiger partial charge in [0.2, 0.25) is 0 Å². The number of alkyl halides is 1. The van der Waals surface area contributed by atoms with Crippen LogP contribution in [-0.2, 0) is 5.41 Å². The maximum atomic E-state index is 2.58. The molecule has 0 aromatic heterocycles. The largest absolute Gasteiger partial charge is 0.0847 e. The highest BCUT2D eigenvalue weighted by atomic mass is 127. The number of allylic oxidation sites excluding steroid dienone is 1. The molecule has 0 N–H and O–H groups in total. The topological polar surface area (TPSA) is 0 Å². The molecule has 0 bridgehead atoms. The SMILES string of the molecule is ICC1(c2ccccc2)C(c2ccccc2)=C(c2ccccc2)c2ccccc21. The zero-order valence-electron chi connectivity index (χ0n) is 16.1. The second-order valence-corrected chi connectivity index (χ2v) is 8.20. The van der Waals surface area contributed by atoms with Gasteiger partial charge in [-0.15, -0.1) is 0 Å². The number of hydrogen-bond acceptors (Lipinski definition) is 0. The van der Waals surface area contributed by atoms with Crippen LogP contribution in [0.15, 0.2) is 115 Å². The summed E-state index contributed by atoms with van der Waals surface area (Å²) in [6.45, 7) is 0. The van der Waals surface area contributed by atoms with Gasteiger partial charge in [-0.25, -0.2) is 0 Å². The molecule has 4 aromatic carbocycles. The Bertz CT molecular complexity index is 1160. The second kappa shape index (κ2) is 7.64. The van der Waals surface area contributed by atoms with Gasteiger partial charge in [-0.05, 0) is 39.0 Å². The third-order valence-corrected chi connectivity index (χ3v) is 7.07. The molecule has 1 aliphatic carbocycles. The molecule has 0 fully saturated rings. The third kappa shape index (κ3) is 2.87. The quantitative estimate of drug-likeness (QED) is 0.210. The van der Waals surface area contributed by atoms with E-state index in [1.807, 2.05) is 0 Å². The molecule has 0 saturated heterocycles. The van der Waals surface area contributed by atoms with Crippen LogP contribution in [0, 0.1) is 0 Å². The van der Waals surface area contributed by atoms with Crippen LogP contribution in [0.25, 0.3) is 11.1 Å². The van der Waals surface area contributed by atoms with E-state index in [0.29, 0.717) is 0 Å². The molecule has 0 saturated carbocycles. The summed E-state index contributed by atoms with van der Waals surface area (Å²) in [4.78, 5) is 0. The lowest BCUT2D eigenvalue weighted by atomic mass is 9.71. The fourth-order valence-corrected chi connectivity index (χ4v) is 5.93. The molecule has 0 spiro atoms. The van der Waals surface area contributed by atoms with Crippen LogP contribution in [0.5, 0.6) is 0 Å². The van der Waals surface area contributed by atoms with Crippen molar-refractivity contribution in [3.8, 4) is 0 Å². The highest BCUT2D eigenvalue weighted by molar-refractivity contribution is 14.1. The molecule has 5 rings (SSSR count). The molecule has 4 aromatic rings. The normalized spacial score (nSPS) is 18.0. The average molecular weight is 484 g/mol. The fourth-order valence-electron chi connectivity index (χ4n) is 4.69. The van der Waals surface area contributed by atoms with Gasteiger partial charge in [0.1, 0.15) is 0 Å². The number of fused-ring (bicyclic) bond motifs is 1. The van der Waals surface area contributed by atoms with E-state index in [1.54, 1.807) is 0 Å². The molecule has 140 valence electrons. The monoisotopic (exact) mass is 484 g/mol. The number of rotatable bonds is 4. The van der Waals surface area contributed by atoms with E-state index in [1.165, 1.54) is 39.0 Å². The zero-order chi connectivity index (χ0) is 19.7. The molecule has 0 nitrogen and oxygen atoms in total. The summed E-state index contributed by atoms with van der Waals surface area (Å²) in [5.41, 5.74) is 9.26. The van der Waals surface area contributed by atoms with Crippen molar-refractivity contribution >= 4 is 33.7 Å². The standard InChI is InChI=1S/C28H21I/c29-20-28(23-16-8-3-9-17-23)25-19-11-10-18-24(25)26(21-12-4-1-5-13-21)27(28)22-14-6-2-7-15-22/h1-19H,20H2. The first-order valence-electron chi connectivity index (χ1n) is 9.93. The molecule has 1 unspecified atom stereocenters. The third-order valence-electron chi connectivity index (χ3n) is 5.92. The van der Waals surface area contributed by atoms with E-state index < -0.39 is 0 Å². The smallest absolute Gasteiger partial charge is 0.0558 e. The van der Waals surface area contributed by atoms with Gasteiger partial charge < -0.3 is 0 Å². The second-order valence-electron chi connectivity index (χ2n) is 7.43.